The van der Waals surface area contributed by atoms with Crippen LogP contribution in [0.1, 0.15) is 39.8 Å². The van der Waals surface area contributed by atoms with Crippen LogP contribution in [0.3, 0.4) is 0 Å². The number of nitrogens with zero attached hydrogens (tertiary/aromatic N) is 3. The van der Waals surface area contributed by atoms with Crippen LogP contribution in [-0.2, 0) is 16.8 Å². The van der Waals surface area contributed by atoms with Crippen LogP contribution < -0.4 is 14.2 Å². The Morgan fingerprint density at radius 1 is 0.941 bits per heavy atom. The molecule has 3 heterocycles. The van der Waals surface area contributed by atoms with Gasteiger partial charge in [-0.05, 0) is 56.6 Å². The molecule has 2 unspecified atom stereocenters. The molecule has 5 rings (SSSR count). The number of pyridine rings is 1. The van der Waals surface area contributed by atoms with Gasteiger partial charge in [-0.1, -0.05) is 12.1 Å². The van der Waals surface area contributed by atoms with Crippen molar-refractivity contribution in [1.82, 2.24) is 14.9 Å². The second-order valence-electron chi connectivity index (χ2n) is 12.2. The Labute approximate surface area is 289 Å². The molecule has 1 saturated heterocycles. The van der Waals surface area contributed by atoms with Crippen LogP contribution in [0.4, 0.5) is 35.1 Å². The van der Waals surface area contributed by atoms with E-state index >= 15 is 0 Å². The predicted octanol–water partition coefficient (Wildman–Crippen LogP) is 4.12. The van der Waals surface area contributed by atoms with Gasteiger partial charge in [0, 0.05) is 29.3 Å². The van der Waals surface area contributed by atoms with Crippen LogP contribution in [0.25, 0.3) is 0 Å². The largest absolute Gasteiger partial charge is 0.487 e. The van der Waals surface area contributed by atoms with Crippen LogP contribution in [-0.4, -0.2) is 112 Å². The summed E-state index contributed by atoms with van der Waals surface area (Å²) in [5.74, 6) is -1.57. The van der Waals surface area contributed by atoms with E-state index in [4.69, 9.17) is 14.2 Å². The van der Waals surface area contributed by atoms with Crippen molar-refractivity contribution in [3.8, 4) is 17.4 Å². The molecule has 0 spiro atoms. The second kappa shape index (κ2) is 14.9. The molecule has 282 valence electrons. The van der Waals surface area contributed by atoms with Crippen molar-refractivity contribution in [2.24, 2.45) is 0 Å². The summed E-state index contributed by atoms with van der Waals surface area (Å²) in [6.45, 7) is -3.85. The molecule has 2 aliphatic rings. The summed E-state index contributed by atoms with van der Waals surface area (Å²) in [4.78, 5) is 8.94. The molecule has 20 heteroatoms. The highest BCUT2D eigenvalue weighted by molar-refractivity contribution is 7.11. The molecule has 2 fully saturated rings. The molecule has 1 saturated carbocycles. The summed E-state index contributed by atoms with van der Waals surface area (Å²) in [7, 11) is 3.19. The third-order valence-corrected chi connectivity index (χ3v) is 9.54. The Hall–Kier alpha value is -3.40. The van der Waals surface area contributed by atoms with E-state index in [-0.39, 0.29) is 51.7 Å². The van der Waals surface area contributed by atoms with E-state index in [0.29, 0.717) is 18.4 Å². The van der Waals surface area contributed by atoms with Gasteiger partial charge in [0.1, 0.15) is 29.4 Å². The Kier molecular flexibility index (Phi) is 11.4. The zero-order valence-corrected chi connectivity index (χ0v) is 27.5. The number of hydrogen-bond acceptors (Lipinski definition) is 12. The van der Waals surface area contributed by atoms with Crippen molar-refractivity contribution in [2.45, 2.75) is 86.5 Å². The maximum absolute atomic E-state index is 13.7. The third kappa shape index (κ3) is 8.31. The molecule has 51 heavy (non-hydrogen) atoms. The Balaban J connectivity index is 1.49. The fraction of sp³-hybridized carbons (Fsp3) is 0.548. The summed E-state index contributed by atoms with van der Waals surface area (Å²) >= 11 is -0.0293. The summed E-state index contributed by atoms with van der Waals surface area (Å²) in [6.07, 6.45) is -14.7. The molecule has 1 aliphatic heterocycles. The van der Waals surface area contributed by atoms with Crippen LogP contribution >= 0.6 is 11.3 Å². The first kappa shape index (κ1) is 38.8. The van der Waals surface area contributed by atoms with E-state index in [1.165, 1.54) is 35.4 Å². The number of likely N-dealkylation sites (N-methyl/N-ethyl adjacent to an activating group) is 1. The van der Waals surface area contributed by atoms with Crippen LogP contribution in [0.2, 0.25) is 0 Å². The smallest absolute Gasteiger partial charge is 0.433 e. The lowest BCUT2D eigenvalue weighted by atomic mass is 9.91. The van der Waals surface area contributed by atoms with Crippen molar-refractivity contribution in [3.63, 3.8) is 0 Å². The predicted molar refractivity (Wildman–Crippen MR) is 160 cm³/mol. The molecular formula is C31H33F8N3O8S. The lowest BCUT2D eigenvalue weighted by Gasteiger charge is -2.44. The number of hydrogen-bond donors (Lipinski definition) is 4. The van der Waals surface area contributed by atoms with Gasteiger partial charge in [-0.3, -0.25) is 4.90 Å². The molecule has 0 amide bonds. The van der Waals surface area contributed by atoms with Crippen molar-refractivity contribution in [1.29, 1.82) is 0 Å². The normalized spacial score (nSPS) is 23.8. The third-order valence-electron chi connectivity index (χ3n) is 8.32. The monoisotopic (exact) mass is 759 g/mol. The molecule has 1 aliphatic carbocycles. The first-order valence-corrected chi connectivity index (χ1v) is 16.1. The SMILES string of the molecule is CN(C)C1[C@H](Oc2ccc(C[C@@H](c3ccc(OC(F)F)c(OC4CC4)c3)c3cnc(C(O)(C(F)(F)F)C(F)(F)F)s3)cn2)OC(CO)[C@@H](O)[C@H]1O. The van der Waals surface area contributed by atoms with Crippen molar-refractivity contribution >= 4 is 11.3 Å². The van der Waals surface area contributed by atoms with Gasteiger partial charge in [-0.2, -0.15) is 35.1 Å². The summed E-state index contributed by atoms with van der Waals surface area (Å²) in [5, 5.41) is 38.8. The first-order valence-electron chi connectivity index (χ1n) is 15.3. The number of ether oxygens (including phenoxy) is 4. The topological polar surface area (TPSA) is 147 Å². The molecule has 4 N–H and O–H groups in total. The van der Waals surface area contributed by atoms with Crippen LogP contribution in [0.15, 0.2) is 42.7 Å². The van der Waals surface area contributed by atoms with Crippen molar-refractivity contribution in [3.05, 3.63) is 63.7 Å². The van der Waals surface area contributed by atoms with Crippen LogP contribution in [0, 0.1) is 0 Å². The number of aliphatic hydroxyl groups excluding tert-OH is 3. The number of halogens is 8. The van der Waals surface area contributed by atoms with E-state index in [9.17, 15) is 55.5 Å². The van der Waals surface area contributed by atoms with E-state index in [1.54, 1.807) is 14.1 Å². The van der Waals surface area contributed by atoms with Gasteiger partial charge in [0.05, 0.1) is 12.7 Å². The minimum Gasteiger partial charge on any atom is -0.487 e. The van der Waals surface area contributed by atoms with E-state index in [1.807, 2.05) is 0 Å². The second-order valence-corrected chi connectivity index (χ2v) is 13.3. The standard InChI is InChI=1S/C31H33F8N3O8S/c1-42(2)23-25(45)24(44)20(13-43)48-26(23)50-22-8-3-14(11-40-22)9-17(15-4-7-18(49-28(32)33)19(10-15)47-16-5-6-16)21-12-41-27(51-21)29(46,30(34,35)36)31(37,38)39/h3-4,7-8,10-12,16-17,20,23-26,28,43-46H,5-6,9,13H2,1-2H3/t17-,20?,23?,24+,25-,26-/m0/s1. The van der Waals surface area contributed by atoms with E-state index in [2.05, 4.69) is 14.7 Å². The number of aliphatic hydroxyl groups is 4. The molecular weight excluding hydrogens is 726 g/mol. The summed E-state index contributed by atoms with van der Waals surface area (Å²) < 4.78 is 130. The highest BCUT2D eigenvalue weighted by atomic mass is 32.1. The van der Waals surface area contributed by atoms with Gasteiger partial charge in [0.25, 0.3) is 0 Å². The van der Waals surface area contributed by atoms with Crippen molar-refractivity contribution < 1.29 is 74.5 Å². The molecule has 11 nitrogen and oxygen atoms in total. The summed E-state index contributed by atoms with van der Waals surface area (Å²) in [5.41, 5.74) is -4.68. The molecule has 0 bridgehead atoms. The lowest BCUT2D eigenvalue weighted by Crippen LogP contribution is -2.64. The molecule has 2 aromatic heterocycles. The number of aromatic nitrogens is 2. The number of rotatable bonds is 13. The van der Waals surface area contributed by atoms with Gasteiger partial charge >= 0.3 is 24.6 Å². The minimum absolute atomic E-state index is 0.0293. The maximum Gasteiger partial charge on any atom is 0.433 e. The Morgan fingerprint density at radius 3 is 2.18 bits per heavy atom. The number of benzene rings is 1. The van der Waals surface area contributed by atoms with Gasteiger partial charge in [-0.25, -0.2) is 9.97 Å². The van der Waals surface area contributed by atoms with E-state index in [0.717, 1.165) is 12.3 Å². The lowest BCUT2D eigenvalue weighted by molar-refractivity contribution is -0.376. The fourth-order valence-electron chi connectivity index (χ4n) is 5.46. The number of thiazole rings is 1. The highest BCUT2D eigenvalue weighted by Gasteiger charge is 2.73. The average Bonchev–Trinajstić information content (AvgIpc) is 3.73. The Bertz CT molecular complexity index is 1610. The number of alkyl halides is 8. The van der Waals surface area contributed by atoms with Crippen LogP contribution in [0.5, 0.6) is 17.4 Å². The minimum atomic E-state index is -6.17. The molecule has 3 aromatic rings. The van der Waals surface area contributed by atoms with E-state index < -0.39 is 72.7 Å². The zero-order valence-electron chi connectivity index (χ0n) is 26.7. The molecule has 1 aromatic carbocycles. The summed E-state index contributed by atoms with van der Waals surface area (Å²) in [6, 6.07) is 5.69. The van der Waals surface area contributed by atoms with Gasteiger partial charge < -0.3 is 39.4 Å². The zero-order chi connectivity index (χ0) is 37.5. The molecule has 0 radical (unpaired) electrons. The van der Waals surface area contributed by atoms with Gasteiger partial charge in [0.2, 0.25) is 12.2 Å². The first-order chi connectivity index (χ1) is 23.8. The quantitative estimate of drug-likeness (QED) is 0.187. The average molecular weight is 760 g/mol. The Morgan fingerprint density at radius 2 is 1.63 bits per heavy atom. The van der Waals surface area contributed by atoms with Gasteiger partial charge in [-0.15, -0.1) is 11.3 Å². The fourth-order valence-corrected chi connectivity index (χ4v) is 6.64. The highest BCUT2D eigenvalue weighted by Crippen LogP contribution is 2.52. The maximum atomic E-state index is 13.7. The van der Waals surface area contributed by atoms with Crippen molar-refractivity contribution in [2.75, 3.05) is 20.7 Å². The molecule has 6 atom stereocenters. The van der Waals surface area contributed by atoms with Gasteiger partial charge in [0.15, 0.2) is 11.5 Å².